The van der Waals surface area contributed by atoms with Crippen LogP contribution in [0.25, 0.3) is 0 Å². The molecule has 0 spiro atoms. The van der Waals surface area contributed by atoms with E-state index in [1.807, 2.05) is 4.90 Å². The Hall–Kier alpha value is -0.610. The first-order valence-corrected chi connectivity index (χ1v) is 6.15. The first kappa shape index (κ1) is 13.5. The van der Waals surface area contributed by atoms with Crippen LogP contribution < -0.4 is 0 Å². The third-order valence-electron chi connectivity index (χ3n) is 3.15. The van der Waals surface area contributed by atoms with Gasteiger partial charge in [-0.25, -0.2) is 0 Å². The molecule has 1 unspecified atom stereocenters. The van der Waals surface area contributed by atoms with Crippen LogP contribution in [0.2, 0.25) is 0 Å². The van der Waals surface area contributed by atoms with Crippen molar-refractivity contribution in [3.8, 4) is 0 Å². The number of methoxy groups -OCH3 is 1. The van der Waals surface area contributed by atoms with E-state index in [9.17, 15) is 4.79 Å². The summed E-state index contributed by atoms with van der Waals surface area (Å²) in [6.45, 7) is 2.59. The highest BCUT2D eigenvalue weighted by Gasteiger charge is 2.22. The second kappa shape index (κ2) is 7.63. The standard InChI is InChI=1S/C12H23NO3/c1-16-9-3-5-12(15)13-7-2-4-11(10-13)6-8-14/h11,14H,2-10H2,1H3. The summed E-state index contributed by atoms with van der Waals surface area (Å²) >= 11 is 0. The van der Waals surface area contributed by atoms with Crippen LogP contribution in [-0.2, 0) is 9.53 Å². The molecule has 1 amide bonds. The van der Waals surface area contributed by atoms with Gasteiger partial charge in [0, 0.05) is 39.8 Å². The van der Waals surface area contributed by atoms with Gasteiger partial charge in [-0.15, -0.1) is 0 Å². The minimum absolute atomic E-state index is 0.233. The molecule has 1 aliphatic rings. The quantitative estimate of drug-likeness (QED) is 0.692. The molecular formula is C12H23NO3. The molecule has 1 heterocycles. The fourth-order valence-electron chi connectivity index (χ4n) is 2.24. The van der Waals surface area contributed by atoms with Crippen molar-refractivity contribution in [3.05, 3.63) is 0 Å². The molecule has 1 aliphatic heterocycles. The average molecular weight is 229 g/mol. The maximum absolute atomic E-state index is 11.8. The monoisotopic (exact) mass is 229 g/mol. The van der Waals surface area contributed by atoms with Crippen molar-refractivity contribution in [2.45, 2.75) is 32.1 Å². The molecule has 0 aromatic carbocycles. The molecule has 0 aromatic rings. The van der Waals surface area contributed by atoms with Crippen molar-refractivity contribution in [2.75, 3.05) is 33.4 Å². The van der Waals surface area contributed by atoms with Crippen LogP contribution in [0.1, 0.15) is 32.1 Å². The van der Waals surface area contributed by atoms with Crippen LogP contribution in [0.15, 0.2) is 0 Å². The van der Waals surface area contributed by atoms with E-state index < -0.39 is 0 Å². The molecule has 94 valence electrons. The largest absolute Gasteiger partial charge is 0.396 e. The highest BCUT2D eigenvalue weighted by Crippen LogP contribution is 2.19. The SMILES string of the molecule is COCCCC(=O)N1CCCC(CCO)C1. The molecule has 0 radical (unpaired) electrons. The van der Waals surface area contributed by atoms with Gasteiger partial charge in [-0.1, -0.05) is 0 Å². The Labute approximate surface area is 97.6 Å². The number of ether oxygens (including phenoxy) is 1. The van der Waals surface area contributed by atoms with Crippen LogP contribution in [0.3, 0.4) is 0 Å². The summed E-state index contributed by atoms with van der Waals surface area (Å²) in [6, 6.07) is 0. The topological polar surface area (TPSA) is 49.8 Å². The van der Waals surface area contributed by atoms with Gasteiger partial charge in [0.2, 0.25) is 5.91 Å². The predicted molar refractivity (Wildman–Crippen MR) is 62.1 cm³/mol. The lowest BCUT2D eigenvalue weighted by Gasteiger charge is -2.32. The normalized spacial score (nSPS) is 21.1. The summed E-state index contributed by atoms with van der Waals surface area (Å²) in [4.78, 5) is 13.8. The van der Waals surface area contributed by atoms with Crippen molar-refractivity contribution in [2.24, 2.45) is 5.92 Å². The first-order valence-electron chi connectivity index (χ1n) is 6.15. The Morgan fingerprint density at radius 2 is 2.38 bits per heavy atom. The van der Waals surface area contributed by atoms with Gasteiger partial charge < -0.3 is 14.7 Å². The van der Waals surface area contributed by atoms with Crippen molar-refractivity contribution >= 4 is 5.91 Å². The van der Waals surface area contributed by atoms with Crippen molar-refractivity contribution in [1.82, 2.24) is 4.90 Å². The third kappa shape index (κ3) is 4.49. The fraction of sp³-hybridized carbons (Fsp3) is 0.917. The number of aliphatic hydroxyl groups is 1. The Bertz CT molecular complexity index is 206. The molecule has 0 bridgehead atoms. The summed E-state index contributed by atoms with van der Waals surface area (Å²) in [5.74, 6) is 0.727. The molecule has 1 fully saturated rings. The number of piperidine rings is 1. The van der Waals surface area contributed by atoms with E-state index in [-0.39, 0.29) is 12.5 Å². The number of rotatable bonds is 6. The van der Waals surface area contributed by atoms with Crippen molar-refractivity contribution in [3.63, 3.8) is 0 Å². The number of amides is 1. The smallest absolute Gasteiger partial charge is 0.222 e. The fourth-order valence-corrected chi connectivity index (χ4v) is 2.24. The highest BCUT2D eigenvalue weighted by atomic mass is 16.5. The molecule has 4 nitrogen and oxygen atoms in total. The molecule has 16 heavy (non-hydrogen) atoms. The molecular weight excluding hydrogens is 206 g/mol. The Kier molecular flexibility index (Phi) is 6.42. The van der Waals surface area contributed by atoms with E-state index in [1.165, 1.54) is 0 Å². The van der Waals surface area contributed by atoms with Gasteiger partial charge in [0.05, 0.1) is 0 Å². The van der Waals surface area contributed by atoms with Gasteiger partial charge in [-0.05, 0) is 31.6 Å². The number of carbonyl (C=O) groups excluding carboxylic acids is 1. The molecule has 1 N–H and O–H groups in total. The highest BCUT2D eigenvalue weighted by molar-refractivity contribution is 5.76. The van der Waals surface area contributed by atoms with Gasteiger partial charge in [0.15, 0.2) is 0 Å². The van der Waals surface area contributed by atoms with E-state index in [4.69, 9.17) is 9.84 Å². The number of likely N-dealkylation sites (tertiary alicyclic amines) is 1. The van der Waals surface area contributed by atoms with E-state index in [1.54, 1.807) is 7.11 Å². The zero-order valence-corrected chi connectivity index (χ0v) is 10.2. The molecule has 0 aromatic heterocycles. The van der Waals surface area contributed by atoms with Gasteiger partial charge in [-0.2, -0.15) is 0 Å². The van der Waals surface area contributed by atoms with Crippen LogP contribution >= 0.6 is 0 Å². The summed E-state index contributed by atoms with van der Waals surface area (Å²) in [6.07, 6.45) is 4.42. The molecule has 1 saturated heterocycles. The van der Waals surface area contributed by atoms with E-state index in [2.05, 4.69) is 0 Å². The second-order valence-electron chi connectivity index (χ2n) is 4.46. The summed E-state index contributed by atoms with van der Waals surface area (Å²) < 4.78 is 4.94. The Morgan fingerprint density at radius 3 is 3.06 bits per heavy atom. The first-order chi connectivity index (χ1) is 7.77. The number of carbonyl (C=O) groups is 1. The van der Waals surface area contributed by atoms with E-state index >= 15 is 0 Å². The number of aliphatic hydroxyl groups excluding tert-OH is 1. The Balaban J connectivity index is 2.26. The van der Waals surface area contributed by atoms with Gasteiger partial charge in [0.25, 0.3) is 0 Å². The summed E-state index contributed by atoms with van der Waals surface area (Å²) in [5, 5.41) is 8.90. The predicted octanol–water partition coefficient (Wildman–Crippen LogP) is 1.03. The Morgan fingerprint density at radius 1 is 1.56 bits per heavy atom. The average Bonchev–Trinajstić information content (AvgIpc) is 2.30. The van der Waals surface area contributed by atoms with Gasteiger partial charge >= 0.3 is 0 Å². The molecule has 1 atom stereocenters. The maximum atomic E-state index is 11.8. The number of hydrogen-bond donors (Lipinski definition) is 1. The molecule has 0 aliphatic carbocycles. The van der Waals surface area contributed by atoms with Crippen LogP contribution in [0.4, 0.5) is 0 Å². The van der Waals surface area contributed by atoms with Crippen LogP contribution in [0, 0.1) is 5.92 Å². The second-order valence-corrected chi connectivity index (χ2v) is 4.46. The number of hydrogen-bond acceptors (Lipinski definition) is 3. The lowest BCUT2D eigenvalue weighted by atomic mass is 9.95. The lowest BCUT2D eigenvalue weighted by molar-refractivity contribution is -0.133. The van der Waals surface area contributed by atoms with Crippen molar-refractivity contribution in [1.29, 1.82) is 0 Å². The molecule has 1 rings (SSSR count). The van der Waals surface area contributed by atoms with Crippen LogP contribution in [-0.4, -0.2) is 49.3 Å². The number of nitrogens with zero attached hydrogens (tertiary/aromatic N) is 1. The summed E-state index contributed by atoms with van der Waals surface area (Å²) in [7, 11) is 1.66. The maximum Gasteiger partial charge on any atom is 0.222 e. The minimum Gasteiger partial charge on any atom is -0.396 e. The zero-order valence-electron chi connectivity index (χ0n) is 10.2. The zero-order chi connectivity index (χ0) is 11.8. The summed E-state index contributed by atoms with van der Waals surface area (Å²) in [5.41, 5.74) is 0. The van der Waals surface area contributed by atoms with E-state index in [0.717, 1.165) is 38.8 Å². The minimum atomic E-state index is 0.233. The van der Waals surface area contributed by atoms with E-state index in [0.29, 0.717) is 18.9 Å². The third-order valence-corrected chi connectivity index (χ3v) is 3.15. The molecule has 4 heteroatoms. The lowest BCUT2D eigenvalue weighted by Crippen LogP contribution is -2.40. The van der Waals surface area contributed by atoms with Crippen LogP contribution in [0.5, 0.6) is 0 Å². The van der Waals surface area contributed by atoms with Crippen molar-refractivity contribution < 1.29 is 14.6 Å². The van der Waals surface area contributed by atoms with Gasteiger partial charge in [-0.3, -0.25) is 4.79 Å². The molecule has 0 saturated carbocycles. The van der Waals surface area contributed by atoms with Gasteiger partial charge in [0.1, 0.15) is 0 Å².